The van der Waals surface area contributed by atoms with Crippen molar-refractivity contribution in [1.82, 2.24) is 5.32 Å². The summed E-state index contributed by atoms with van der Waals surface area (Å²) >= 11 is 11.1. The lowest BCUT2D eigenvalue weighted by Gasteiger charge is -2.12. The van der Waals surface area contributed by atoms with Crippen LogP contribution in [0.1, 0.15) is 41.3 Å². The minimum absolute atomic E-state index is 0.00259. The smallest absolute Gasteiger partial charge is 0.250 e. The van der Waals surface area contributed by atoms with Crippen LogP contribution in [0.25, 0.3) is 6.08 Å². The van der Waals surface area contributed by atoms with E-state index in [1.165, 1.54) is 29.8 Å². The first-order valence-electron chi connectivity index (χ1n) is 8.17. The predicted molar refractivity (Wildman–Crippen MR) is 110 cm³/mol. The Hall–Kier alpha value is -2.70. The largest absolute Gasteiger partial charge is 0.545 e. The number of amides is 1. The Morgan fingerprint density at radius 2 is 1.81 bits per heavy atom. The Balaban J connectivity index is 1.96. The van der Waals surface area contributed by atoms with Crippen molar-refractivity contribution in [3.63, 3.8) is 0 Å². The summed E-state index contributed by atoms with van der Waals surface area (Å²) < 4.78 is 0. The molecule has 0 aliphatic carbocycles. The second-order valence-electron chi connectivity index (χ2n) is 6.08. The van der Waals surface area contributed by atoms with Gasteiger partial charge in [-0.05, 0) is 53.0 Å². The van der Waals surface area contributed by atoms with Crippen LogP contribution in [0, 0.1) is 0 Å². The maximum atomic E-state index is 12.0. The number of rotatable bonds is 5. The maximum absolute atomic E-state index is 12.0. The van der Waals surface area contributed by atoms with Crippen LogP contribution < -0.4 is 15.7 Å². The molecule has 2 aromatic rings. The average Bonchev–Trinajstić information content (AvgIpc) is 2.62. The van der Waals surface area contributed by atoms with Gasteiger partial charge >= 0.3 is 0 Å². The number of carboxylic acids is 1. The Morgan fingerprint density at radius 3 is 2.41 bits per heavy atom. The molecular weight excluding hydrogens is 384 g/mol. The summed E-state index contributed by atoms with van der Waals surface area (Å²) in [6.45, 7) is 4.22. The number of anilines is 1. The first-order valence-corrected chi connectivity index (χ1v) is 8.96. The first kappa shape index (κ1) is 20.6. The summed E-state index contributed by atoms with van der Waals surface area (Å²) in [5.41, 5.74) is 2.31. The molecule has 7 heteroatoms. The summed E-state index contributed by atoms with van der Waals surface area (Å²) in [5.74, 6) is -1.32. The summed E-state index contributed by atoms with van der Waals surface area (Å²) in [6.07, 6.45) is 3.03. The van der Waals surface area contributed by atoms with Crippen molar-refractivity contribution < 1.29 is 14.7 Å². The highest BCUT2D eigenvalue weighted by molar-refractivity contribution is 7.80. The SMILES string of the molecule is CC(C)c1ccc(/C=C/C(=O)NC(=S)Nc2cc(C(=O)[O-])ccc2Cl)cc1. The van der Waals surface area contributed by atoms with Gasteiger partial charge in [0, 0.05) is 6.08 Å². The van der Waals surface area contributed by atoms with Crippen LogP contribution in [0.4, 0.5) is 5.69 Å². The van der Waals surface area contributed by atoms with Crippen molar-refractivity contribution >= 4 is 52.6 Å². The fourth-order valence-electron chi connectivity index (χ4n) is 2.22. The van der Waals surface area contributed by atoms with Gasteiger partial charge in [-0.1, -0.05) is 55.8 Å². The van der Waals surface area contributed by atoms with Gasteiger partial charge in [0.15, 0.2) is 5.11 Å². The number of carbonyl (C=O) groups excluding carboxylic acids is 2. The van der Waals surface area contributed by atoms with Gasteiger partial charge < -0.3 is 15.2 Å². The molecule has 0 aliphatic heterocycles. The molecule has 27 heavy (non-hydrogen) atoms. The fraction of sp³-hybridized carbons (Fsp3) is 0.150. The van der Waals surface area contributed by atoms with Crippen LogP contribution in [-0.4, -0.2) is 17.0 Å². The maximum Gasteiger partial charge on any atom is 0.250 e. The van der Waals surface area contributed by atoms with E-state index in [1.807, 2.05) is 24.3 Å². The zero-order valence-electron chi connectivity index (χ0n) is 14.8. The van der Waals surface area contributed by atoms with Gasteiger partial charge in [-0.25, -0.2) is 0 Å². The first-order chi connectivity index (χ1) is 12.8. The molecule has 0 aliphatic rings. The molecule has 1 amide bonds. The molecule has 0 radical (unpaired) electrons. The standard InChI is InChI=1S/C20H19ClN2O3S/c1-12(2)14-6-3-13(4-7-14)5-10-18(24)23-20(27)22-17-11-15(19(25)26)8-9-16(17)21/h3-12H,1-2H3,(H,25,26)(H2,22,23,24,27)/p-1/b10-5+. The van der Waals surface area contributed by atoms with E-state index in [-0.39, 0.29) is 21.4 Å². The highest BCUT2D eigenvalue weighted by Crippen LogP contribution is 2.22. The zero-order valence-corrected chi connectivity index (χ0v) is 16.4. The molecule has 0 saturated carbocycles. The molecule has 140 valence electrons. The Kier molecular flexibility index (Phi) is 7.10. The van der Waals surface area contributed by atoms with Gasteiger partial charge in [-0.15, -0.1) is 0 Å². The summed E-state index contributed by atoms with van der Waals surface area (Å²) in [4.78, 5) is 22.9. The third-order valence-electron chi connectivity index (χ3n) is 3.72. The quantitative estimate of drug-likeness (QED) is 0.593. The Labute approximate surface area is 168 Å². The van der Waals surface area contributed by atoms with Crippen molar-refractivity contribution in [2.45, 2.75) is 19.8 Å². The van der Waals surface area contributed by atoms with Gasteiger partial charge in [-0.3, -0.25) is 10.1 Å². The monoisotopic (exact) mass is 401 g/mol. The van der Waals surface area contributed by atoms with E-state index in [9.17, 15) is 14.7 Å². The van der Waals surface area contributed by atoms with Crippen molar-refractivity contribution in [3.8, 4) is 0 Å². The van der Waals surface area contributed by atoms with Crippen LogP contribution in [0.5, 0.6) is 0 Å². The average molecular weight is 402 g/mol. The lowest BCUT2D eigenvalue weighted by molar-refractivity contribution is -0.255. The molecule has 0 bridgehead atoms. The van der Waals surface area contributed by atoms with Gasteiger partial charge in [0.05, 0.1) is 16.7 Å². The topological polar surface area (TPSA) is 81.3 Å². The van der Waals surface area contributed by atoms with Crippen LogP contribution in [0.2, 0.25) is 5.02 Å². The number of aromatic carboxylic acids is 1. The molecule has 0 aromatic heterocycles. The van der Waals surface area contributed by atoms with Crippen molar-refractivity contribution in [3.05, 3.63) is 70.3 Å². The number of hydrogen-bond acceptors (Lipinski definition) is 4. The van der Waals surface area contributed by atoms with E-state index in [2.05, 4.69) is 24.5 Å². The molecule has 0 unspecified atom stereocenters. The molecule has 0 fully saturated rings. The number of benzene rings is 2. The van der Waals surface area contributed by atoms with Gasteiger partial charge in [0.2, 0.25) is 5.91 Å². The van der Waals surface area contributed by atoms with E-state index in [0.29, 0.717) is 5.92 Å². The van der Waals surface area contributed by atoms with Crippen molar-refractivity contribution in [2.24, 2.45) is 0 Å². The van der Waals surface area contributed by atoms with E-state index < -0.39 is 11.9 Å². The normalized spacial score (nSPS) is 10.8. The summed E-state index contributed by atoms with van der Waals surface area (Å²) in [6, 6.07) is 11.9. The molecule has 2 rings (SSSR count). The van der Waals surface area contributed by atoms with Crippen LogP contribution >= 0.6 is 23.8 Å². The number of thiocarbonyl (C=S) groups is 1. The number of nitrogens with one attached hydrogen (secondary N) is 2. The molecule has 2 aromatic carbocycles. The number of halogens is 1. The molecule has 5 nitrogen and oxygen atoms in total. The molecular formula is C20H18ClN2O3S-. The molecule has 0 atom stereocenters. The van der Waals surface area contributed by atoms with Crippen molar-refractivity contribution in [2.75, 3.05) is 5.32 Å². The van der Waals surface area contributed by atoms with E-state index in [1.54, 1.807) is 6.08 Å². The Bertz CT molecular complexity index is 893. The summed E-state index contributed by atoms with van der Waals surface area (Å²) in [5, 5.41) is 16.3. The second kappa shape index (κ2) is 9.30. The third kappa shape index (κ3) is 6.20. The lowest BCUT2D eigenvalue weighted by atomic mass is 10.0. The van der Waals surface area contributed by atoms with Crippen LogP contribution in [-0.2, 0) is 4.79 Å². The number of carboxylic acid groups (broad SMARTS) is 1. The Morgan fingerprint density at radius 1 is 1.15 bits per heavy atom. The van der Waals surface area contributed by atoms with Gasteiger partial charge in [-0.2, -0.15) is 0 Å². The highest BCUT2D eigenvalue weighted by Gasteiger charge is 2.07. The minimum Gasteiger partial charge on any atom is -0.545 e. The van der Waals surface area contributed by atoms with E-state index in [0.717, 1.165) is 5.56 Å². The predicted octanol–water partition coefficient (Wildman–Crippen LogP) is 3.35. The van der Waals surface area contributed by atoms with Gasteiger partial charge in [0.25, 0.3) is 0 Å². The van der Waals surface area contributed by atoms with Crippen molar-refractivity contribution in [1.29, 1.82) is 0 Å². The molecule has 0 heterocycles. The molecule has 0 saturated heterocycles. The summed E-state index contributed by atoms with van der Waals surface area (Å²) in [7, 11) is 0. The van der Waals surface area contributed by atoms with E-state index >= 15 is 0 Å². The fourth-order valence-corrected chi connectivity index (χ4v) is 2.59. The van der Waals surface area contributed by atoms with Crippen LogP contribution in [0.15, 0.2) is 48.5 Å². The number of carbonyl (C=O) groups is 2. The van der Waals surface area contributed by atoms with Crippen LogP contribution in [0.3, 0.4) is 0 Å². The zero-order chi connectivity index (χ0) is 20.0. The molecule has 0 spiro atoms. The minimum atomic E-state index is -1.34. The van der Waals surface area contributed by atoms with E-state index in [4.69, 9.17) is 23.8 Å². The second-order valence-corrected chi connectivity index (χ2v) is 6.90. The molecule has 2 N–H and O–H groups in total. The third-order valence-corrected chi connectivity index (χ3v) is 4.25. The van der Waals surface area contributed by atoms with Gasteiger partial charge in [0.1, 0.15) is 0 Å². The number of hydrogen-bond donors (Lipinski definition) is 2. The highest BCUT2D eigenvalue weighted by atomic mass is 35.5. The lowest BCUT2D eigenvalue weighted by Crippen LogP contribution is -2.33.